The van der Waals surface area contributed by atoms with Crippen LogP contribution in [0.1, 0.15) is 11.7 Å². The fraction of sp³-hybridized carbons (Fsp3) is 0.115. The van der Waals surface area contributed by atoms with E-state index in [2.05, 4.69) is 41.8 Å². The van der Waals surface area contributed by atoms with Crippen LogP contribution in [0.5, 0.6) is 0 Å². The molecule has 8 nitrogen and oxygen atoms in total. The lowest BCUT2D eigenvalue weighted by Crippen LogP contribution is -2.28. The van der Waals surface area contributed by atoms with Gasteiger partial charge in [0.25, 0.3) is 0 Å². The first-order chi connectivity index (χ1) is 17.3. The highest BCUT2D eigenvalue weighted by molar-refractivity contribution is 6.35. The van der Waals surface area contributed by atoms with Gasteiger partial charge >= 0.3 is 0 Å². The second-order valence-electron chi connectivity index (χ2n) is 8.47. The topological polar surface area (TPSA) is 94.4 Å². The van der Waals surface area contributed by atoms with Crippen molar-refractivity contribution in [1.82, 2.24) is 34.7 Å². The number of aromatic nitrogens is 7. The molecule has 7 rings (SSSR count). The molecule has 4 aromatic heterocycles. The molecule has 35 heavy (non-hydrogen) atoms. The number of H-pyrrole nitrogens is 1. The van der Waals surface area contributed by atoms with Crippen LogP contribution in [-0.2, 0) is 4.74 Å². The summed E-state index contributed by atoms with van der Waals surface area (Å²) in [4.78, 5) is 18.3. The molecule has 0 radical (unpaired) electrons. The lowest BCUT2D eigenvalue weighted by molar-refractivity contribution is 0.00449. The lowest BCUT2D eigenvalue weighted by Gasteiger charge is -2.26. The van der Waals surface area contributed by atoms with E-state index < -0.39 is 0 Å². The van der Waals surface area contributed by atoms with Crippen LogP contribution in [0.4, 0.5) is 0 Å². The van der Waals surface area contributed by atoms with E-state index >= 15 is 0 Å². The van der Waals surface area contributed by atoms with Gasteiger partial charge in [0.1, 0.15) is 17.7 Å². The Bertz CT molecular complexity index is 1690. The largest absolute Gasteiger partial charge is 0.380 e. The fourth-order valence-electron chi connectivity index (χ4n) is 4.65. The Hall–Kier alpha value is -4.14. The number of hydrogen-bond donors (Lipinski definition) is 1. The zero-order valence-electron chi connectivity index (χ0n) is 18.4. The van der Waals surface area contributed by atoms with Crippen LogP contribution in [0.2, 0.25) is 5.02 Å². The first-order valence-corrected chi connectivity index (χ1v) is 11.6. The van der Waals surface area contributed by atoms with Crippen molar-refractivity contribution in [3.05, 3.63) is 84.3 Å². The molecule has 1 N–H and O–H groups in total. The number of nitrogens with one attached hydrogen (secondary N) is 1. The third-order valence-corrected chi connectivity index (χ3v) is 6.72. The highest BCUT2D eigenvalue weighted by Gasteiger charge is 2.29. The zero-order chi connectivity index (χ0) is 23.4. The van der Waals surface area contributed by atoms with Crippen molar-refractivity contribution in [2.45, 2.75) is 5.92 Å². The summed E-state index contributed by atoms with van der Waals surface area (Å²) in [6, 6.07) is 16.1. The molecule has 0 amide bonds. The van der Waals surface area contributed by atoms with Gasteiger partial charge in [-0.1, -0.05) is 23.7 Å². The van der Waals surface area contributed by atoms with Crippen molar-refractivity contribution >= 4 is 33.5 Å². The van der Waals surface area contributed by atoms with Gasteiger partial charge in [-0.25, -0.2) is 9.97 Å². The minimum atomic E-state index is 0.178. The van der Waals surface area contributed by atoms with Gasteiger partial charge in [0.05, 0.1) is 40.9 Å². The van der Waals surface area contributed by atoms with Gasteiger partial charge in [-0.15, -0.1) is 0 Å². The third kappa shape index (κ3) is 3.22. The van der Waals surface area contributed by atoms with Crippen LogP contribution < -0.4 is 0 Å². The number of benzene rings is 2. The Morgan fingerprint density at radius 3 is 2.60 bits per heavy atom. The number of ether oxygens (including phenoxy) is 1. The van der Waals surface area contributed by atoms with Crippen molar-refractivity contribution in [1.29, 1.82) is 0 Å². The summed E-state index contributed by atoms with van der Waals surface area (Å²) in [6.45, 7) is 1.25. The van der Waals surface area contributed by atoms with Crippen LogP contribution in [0.3, 0.4) is 0 Å². The molecule has 5 heterocycles. The maximum absolute atomic E-state index is 6.51. The SMILES string of the molecule is Clc1cccc2c(-n3c(C4COC4)nc4c(-c5ncn[nH]5)cc(-c5ccncc5)cc43)ccnc12. The molecular formula is C26H18ClN7O. The predicted molar refractivity (Wildman–Crippen MR) is 134 cm³/mol. The summed E-state index contributed by atoms with van der Waals surface area (Å²) in [7, 11) is 0. The van der Waals surface area contributed by atoms with Gasteiger partial charge in [-0.3, -0.25) is 19.6 Å². The molecule has 170 valence electrons. The summed E-state index contributed by atoms with van der Waals surface area (Å²) < 4.78 is 7.77. The molecule has 6 aromatic rings. The molecule has 9 heteroatoms. The number of rotatable bonds is 4. The van der Waals surface area contributed by atoms with Crippen molar-refractivity contribution < 1.29 is 4.74 Å². The van der Waals surface area contributed by atoms with Gasteiger partial charge in [0, 0.05) is 29.5 Å². The van der Waals surface area contributed by atoms with E-state index in [1.807, 2.05) is 36.4 Å². The first kappa shape index (κ1) is 20.3. The molecule has 1 aliphatic heterocycles. The second kappa shape index (κ2) is 7.97. The van der Waals surface area contributed by atoms with Crippen LogP contribution in [0, 0.1) is 0 Å². The summed E-state index contributed by atoms with van der Waals surface area (Å²) in [5.74, 6) is 1.78. The van der Waals surface area contributed by atoms with Gasteiger partial charge in [0.2, 0.25) is 0 Å². The zero-order valence-corrected chi connectivity index (χ0v) is 19.1. The van der Waals surface area contributed by atoms with Crippen LogP contribution in [0.15, 0.2) is 73.4 Å². The van der Waals surface area contributed by atoms with E-state index in [1.54, 1.807) is 18.6 Å². The molecule has 1 fully saturated rings. The molecule has 0 saturated carbocycles. The number of pyridine rings is 2. The molecule has 0 bridgehead atoms. The summed E-state index contributed by atoms with van der Waals surface area (Å²) >= 11 is 6.51. The minimum Gasteiger partial charge on any atom is -0.380 e. The predicted octanol–water partition coefficient (Wildman–Crippen LogP) is 5.19. The van der Waals surface area contributed by atoms with E-state index in [0.717, 1.165) is 50.1 Å². The fourth-order valence-corrected chi connectivity index (χ4v) is 4.88. The van der Waals surface area contributed by atoms with Crippen LogP contribution >= 0.6 is 11.6 Å². The maximum Gasteiger partial charge on any atom is 0.157 e. The maximum atomic E-state index is 6.51. The Labute approximate surface area is 204 Å². The molecule has 0 aliphatic carbocycles. The van der Waals surface area contributed by atoms with Crippen molar-refractivity contribution in [2.24, 2.45) is 0 Å². The second-order valence-corrected chi connectivity index (χ2v) is 8.87. The van der Waals surface area contributed by atoms with Gasteiger partial charge in [0.15, 0.2) is 5.82 Å². The Balaban J connectivity index is 1.61. The monoisotopic (exact) mass is 479 g/mol. The van der Waals surface area contributed by atoms with Crippen molar-refractivity contribution in [3.63, 3.8) is 0 Å². The quantitative estimate of drug-likeness (QED) is 0.374. The van der Waals surface area contributed by atoms with Crippen molar-refractivity contribution in [2.75, 3.05) is 13.2 Å². The molecule has 1 aliphatic rings. The van der Waals surface area contributed by atoms with Gasteiger partial charge < -0.3 is 4.74 Å². The average Bonchev–Trinajstić information content (AvgIpc) is 3.51. The highest BCUT2D eigenvalue weighted by Crippen LogP contribution is 2.39. The number of halogens is 1. The van der Waals surface area contributed by atoms with E-state index in [0.29, 0.717) is 24.1 Å². The molecule has 0 unspecified atom stereocenters. The Morgan fingerprint density at radius 1 is 0.943 bits per heavy atom. The minimum absolute atomic E-state index is 0.178. The van der Waals surface area contributed by atoms with E-state index in [1.165, 1.54) is 6.33 Å². The number of hydrogen-bond acceptors (Lipinski definition) is 6. The normalized spacial score (nSPS) is 14.0. The molecule has 1 saturated heterocycles. The number of para-hydroxylation sites is 1. The summed E-state index contributed by atoms with van der Waals surface area (Å²) in [5.41, 5.74) is 6.48. The molecular weight excluding hydrogens is 462 g/mol. The number of aromatic amines is 1. The smallest absolute Gasteiger partial charge is 0.157 e. The van der Waals surface area contributed by atoms with E-state index in [4.69, 9.17) is 21.3 Å². The average molecular weight is 480 g/mol. The summed E-state index contributed by atoms with van der Waals surface area (Å²) in [5, 5.41) is 8.66. The lowest BCUT2D eigenvalue weighted by atomic mass is 10.0. The number of fused-ring (bicyclic) bond motifs is 2. The Kier molecular flexibility index (Phi) is 4.61. The van der Waals surface area contributed by atoms with Crippen molar-refractivity contribution in [3.8, 4) is 28.2 Å². The van der Waals surface area contributed by atoms with Crippen LogP contribution in [-0.4, -0.2) is 47.9 Å². The van der Waals surface area contributed by atoms with Gasteiger partial charge in [-0.2, -0.15) is 5.10 Å². The number of imidazole rings is 1. The van der Waals surface area contributed by atoms with Crippen LogP contribution in [0.25, 0.3) is 50.1 Å². The first-order valence-electron chi connectivity index (χ1n) is 11.2. The molecule has 0 spiro atoms. The number of nitrogens with zero attached hydrogens (tertiary/aromatic N) is 6. The summed E-state index contributed by atoms with van der Waals surface area (Å²) in [6.07, 6.45) is 6.89. The highest BCUT2D eigenvalue weighted by atomic mass is 35.5. The molecule has 2 aromatic carbocycles. The molecule has 0 atom stereocenters. The third-order valence-electron chi connectivity index (χ3n) is 6.41. The van der Waals surface area contributed by atoms with E-state index in [-0.39, 0.29) is 5.92 Å². The van der Waals surface area contributed by atoms with E-state index in [9.17, 15) is 0 Å². The van der Waals surface area contributed by atoms with Gasteiger partial charge in [-0.05, 0) is 47.5 Å². The Morgan fingerprint density at radius 2 is 1.83 bits per heavy atom. The standard InChI is InChI=1S/C26H18ClN7O/c27-20-3-1-2-18-21(6-9-29-23(18)20)34-22-11-16(15-4-7-28-8-5-15)10-19(25-30-14-31-33-25)24(22)32-26(34)17-12-35-13-17/h1-11,14,17H,12-13H2,(H,30,31,33).